The molecule has 0 fully saturated rings. The van der Waals surface area contributed by atoms with Crippen LogP contribution < -0.4 is 5.32 Å². The van der Waals surface area contributed by atoms with Crippen molar-refractivity contribution < 1.29 is 0 Å². The lowest BCUT2D eigenvalue weighted by Gasteiger charge is -2.32. The maximum atomic E-state index is 6.17. The highest BCUT2D eigenvalue weighted by molar-refractivity contribution is 7.09. The molecule has 4 heteroatoms. The number of fused-ring (bicyclic) bond motifs is 1. The fourth-order valence-electron chi connectivity index (χ4n) is 3.62. The lowest BCUT2D eigenvalue weighted by atomic mass is 9.74. The number of halogens is 2. The Kier molecular flexibility index (Phi) is 6.76. The summed E-state index contributed by atoms with van der Waals surface area (Å²) in [5.41, 5.74) is 2.99. The van der Waals surface area contributed by atoms with Gasteiger partial charge < -0.3 is 5.32 Å². The first-order valence-corrected chi connectivity index (χ1v) is 8.99. The molecule has 1 aromatic heterocycles. The van der Waals surface area contributed by atoms with Crippen LogP contribution in [-0.4, -0.2) is 13.6 Å². The topological polar surface area (TPSA) is 12.0 Å². The molecule has 0 aliphatic heterocycles. The first-order valence-electron chi connectivity index (χ1n) is 7.73. The number of hydrogen-bond donors (Lipinski definition) is 1. The number of rotatable bonds is 5. The molecule has 1 nitrogen and oxygen atoms in total. The van der Waals surface area contributed by atoms with Crippen LogP contribution in [0.1, 0.15) is 34.8 Å². The maximum absolute atomic E-state index is 6.17. The van der Waals surface area contributed by atoms with Gasteiger partial charge in [0.1, 0.15) is 0 Å². The van der Waals surface area contributed by atoms with Crippen molar-refractivity contribution in [1.29, 1.82) is 0 Å². The molecule has 0 amide bonds. The predicted molar refractivity (Wildman–Crippen MR) is 99.8 cm³/mol. The highest BCUT2D eigenvalue weighted by Crippen LogP contribution is 2.39. The van der Waals surface area contributed by atoms with Gasteiger partial charge in [0, 0.05) is 9.90 Å². The molecule has 1 aromatic carbocycles. The Bertz CT molecular complexity index is 583. The summed E-state index contributed by atoms with van der Waals surface area (Å²) in [4.78, 5) is 1.50. The quantitative estimate of drug-likeness (QED) is 0.764. The minimum absolute atomic E-state index is 0. The van der Waals surface area contributed by atoms with Gasteiger partial charge in [-0.1, -0.05) is 23.7 Å². The second kappa shape index (κ2) is 8.35. The van der Waals surface area contributed by atoms with Crippen LogP contribution in [-0.2, 0) is 12.8 Å². The summed E-state index contributed by atoms with van der Waals surface area (Å²) in [5, 5.41) is 6.45. The van der Waals surface area contributed by atoms with Crippen molar-refractivity contribution >= 4 is 35.3 Å². The summed E-state index contributed by atoms with van der Waals surface area (Å²) in [6.07, 6.45) is 4.93. The predicted octanol–water partition coefficient (Wildman–Crippen LogP) is 5.32. The van der Waals surface area contributed by atoms with Crippen molar-refractivity contribution in [3.8, 4) is 0 Å². The fourth-order valence-corrected chi connectivity index (χ4v) is 4.61. The molecule has 0 bridgehead atoms. The molecular formula is C18H23Cl2NS. The van der Waals surface area contributed by atoms with Gasteiger partial charge in [0.05, 0.1) is 0 Å². The van der Waals surface area contributed by atoms with Gasteiger partial charge in [-0.05, 0) is 85.8 Å². The Morgan fingerprint density at radius 1 is 1.36 bits per heavy atom. The summed E-state index contributed by atoms with van der Waals surface area (Å²) in [7, 11) is 2.06. The molecule has 1 N–H and O–H groups in total. The summed E-state index contributed by atoms with van der Waals surface area (Å²) < 4.78 is 0. The van der Waals surface area contributed by atoms with Crippen molar-refractivity contribution in [2.75, 3.05) is 13.6 Å². The van der Waals surface area contributed by atoms with Gasteiger partial charge >= 0.3 is 0 Å². The molecule has 0 saturated carbocycles. The number of aryl methyl sites for hydroxylation is 1. The Morgan fingerprint density at radius 2 is 2.23 bits per heavy atom. The normalized spacial score (nSPS) is 18.4. The molecule has 120 valence electrons. The van der Waals surface area contributed by atoms with E-state index in [4.69, 9.17) is 11.6 Å². The Hall–Kier alpha value is -0.540. The van der Waals surface area contributed by atoms with Gasteiger partial charge in [-0.15, -0.1) is 23.7 Å². The molecule has 0 radical (unpaired) electrons. The van der Waals surface area contributed by atoms with E-state index in [-0.39, 0.29) is 12.4 Å². The zero-order valence-corrected chi connectivity index (χ0v) is 15.2. The third-order valence-corrected chi connectivity index (χ3v) is 5.68. The van der Waals surface area contributed by atoms with E-state index >= 15 is 0 Å². The van der Waals surface area contributed by atoms with E-state index in [1.54, 1.807) is 0 Å². The summed E-state index contributed by atoms with van der Waals surface area (Å²) in [5.74, 6) is 1.31. The maximum Gasteiger partial charge on any atom is 0.0408 e. The number of nitrogens with one attached hydrogen (secondary N) is 1. The van der Waals surface area contributed by atoms with Crippen LogP contribution in [0.3, 0.4) is 0 Å². The molecule has 2 aromatic rings. The van der Waals surface area contributed by atoms with Gasteiger partial charge in [-0.25, -0.2) is 0 Å². The summed E-state index contributed by atoms with van der Waals surface area (Å²) in [6, 6.07) is 10.9. The minimum Gasteiger partial charge on any atom is -0.319 e. The smallest absolute Gasteiger partial charge is 0.0408 e. The van der Waals surface area contributed by atoms with Crippen LogP contribution in [0.2, 0.25) is 5.02 Å². The number of thiophene rings is 1. The zero-order chi connectivity index (χ0) is 14.7. The molecular weight excluding hydrogens is 333 g/mol. The van der Waals surface area contributed by atoms with E-state index in [9.17, 15) is 0 Å². The number of benzene rings is 1. The third kappa shape index (κ3) is 4.05. The van der Waals surface area contributed by atoms with Crippen LogP contribution in [0.15, 0.2) is 35.7 Å². The second-order valence-corrected chi connectivity index (χ2v) is 7.41. The van der Waals surface area contributed by atoms with E-state index in [0.29, 0.717) is 11.8 Å². The second-order valence-electron chi connectivity index (χ2n) is 5.94. The largest absolute Gasteiger partial charge is 0.319 e. The number of hydrogen-bond acceptors (Lipinski definition) is 2. The van der Waals surface area contributed by atoms with Gasteiger partial charge in [-0.3, -0.25) is 0 Å². The highest BCUT2D eigenvalue weighted by Gasteiger charge is 2.28. The van der Waals surface area contributed by atoms with Gasteiger partial charge in [-0.2, -0.15) is 0 Å². The first-order chi connectivity index (χ1) is 10.3. The molecule has 1 aliphatic rings. The molecule has 1 aliphatic carbocycles. The van der Waals surface area contributed by atoms with Crippen LogP contribution >= 0.6 is 35.3 Å². The van der Waals surface area contributed by atoms with E-state index < -0.39 is 0 Å². The Labute approximate surface area is 148 Å². The van der Waals surface area contributed by atoms with Crippen LogP contribution in [0.4, 0.5) is 0 Å². The molecule has 0 saturated heterocycles. The van der Waals surface area contributed by atoms with Crippen molar-refractivity contribution in [1.82, 2.24) is 5.32 Å². The SMILES string of the molecule is CNCC(Cc1cccs1)C1CCCc2cc(Cl)ccc21.Cl. The van der Waals surface area contributed by atoms with Crippen LogP contribution in [0.25, 0.3) is 0 Å². The molecule has 2 unspecified atom stereocenters. The summed E-state index contributed by atoms with van der Waals surface area (Å²) in [6.45, 7) is 1.07. The first kappa shape index (κ1) is 17.8. The Morgan fingerprint density at radius 3 is 2.95 bits per heavy atom. The van der Waals surface area contributed by atoms with Crippen molar-refractivity contribution in [2.45, 2.75) is 31.6 Å². The van der Waals surface area contributed by atoms with Crippen molar-refractivity contribution in [3.63, 3.8) is 0 Å². The van der Waals surface area contributed by atoms with E-state index in [1.165, 1.54) is 41.7 Å². The molecule has 0 spiro atoms. The molecule has 3 rings (SSSR count). The zero-order valence-electron chi connectivity index (χ0n) is 12.8. The monoisotopic (exact) mass is 355 g/mol. The third-order valence-electron chi connectivity index (χ3n) is 4.54. The van der Waals surface area contributed by atoms with E-state index in [1.807, 2.05) is 11.3 Å². The van der Waals surface area contributed by atoms with Crippen molar-refractivity contribution in [2.24, 2.45) is 5.92 Å². The molecule has 2 atom stereocenters. The lowest BCUT2D eigenvalue weighted by Crippen LogP contribution is -2.28. The van der Waals surface area contributed by atoms with Gasteiger partial charge in [0.25, 0.3) is 0 Å². The van der Waals surface area contributed by atoms with Gasteiger partial charge in [0.2, 0.25) is 0 Å². The molecule has 22 heavy (non-hydrogen) atoms. The average Bonchev–Trinajstić information content (AvgIpc) is 2.99. The highest BCUT2D eigenvalue weighted by atomic mass is 35.5. The fraction of sp³-hybridized carbons (Fsp3) is 0.444. The molecule has 1 heterocycles. The summed E-state index contributed by atoms with van der Waals surface area (Å²) >= 11 is 8.05. The lowest BCUT2D eigenvalue weighted by molar-refractivity contribution is 0.367. The Balaban J connectivity index is 0.00000176. The van der Waals surface area contributed by atoms with E-state index in [2.05, 4.69) is 48.1 Å². The standard InChI is InChI=1S/C18H22ClNS.ClH/c1-20-12-14(11-16-5-3-9-21-16)17-6-2-4-13-10-15(19)7-8-18(13)17;/h3,5,7-10,14,17,20H,2,4,6,11-12H2,1H3;1H. The van der Waals surface area contributed by atoms with Crippen molar-refractivity contribution in [3.05, 3.63) is 56.7 Å². The van der Waals surface area contributed by atoms with Gasteiger partial charge in [0.15, 0.2) is 0 Å². The van der Waals surface area contributed by atoms with Crippen LogP contribution in [0.5, 0.6) is 0 Å². The van der Waals surface area contributed by atoms with E-state index in [0.717, 1.165) is 11.6 Å². The van der Waals surface area contributed by atoms with Crippen LogP contribution in [0, 0.1) is 5.92 Å². The minimum atomic E-state index is 0. The average molecular weight is 356 g/mol.